The minimum absolute atomic E-state index is 0.239. The molecule has 2 atom stereocenters. The van der Waals surface area contributed by atoms with Crippen LogP contribution in [0, 0.1) is 0 Å². The van der Waals surface area contributed by atoms with Gasteiger partial charge in [-0.25, -0.2) is 9.98 Å². The molecule has 0 bridgehead atoms. The van der Waals surface area contributed by atoms with E-state index in [9.17, 15) is 0 Å². The summed E-state index contributed by atoms with van der Waals surface area (Å²) in [6.07, 6.45) is 5.55. The Labute approximate surface area is 337 Å². The zero-order valence-electron chi connectivity index (χ0n) is 30.8. The SMILES string of the molecule is C1=CC(n2c3ccccc3c3ccccc32)Cc2sc3ccc(-c4ccc5c(c4)sc4c(C6=NC(c7ccccc7)=NC(c7ccccc7)N6)cccc45)cc3c21. The van der Waals surface area contributed by atoms with Crippen molar-refractivity contribution in [2.75, 3.05) is 0 Å². The fraction of sp³-hybridized carbons (Fsp3) is 0.0588. The quantitative estimate of drug-likeness (QED) is 0.186. The fourth-order valence-electron chi connectivity index (χ4n) is 8.91. The van der Waals surface area contributed by atoms with Crippen LogP contribution in [0.25, 0.3) is 69.3 Å². The molecule has 0 saturated carbocycles. The summed E-state index contributed by atoms with van der Waals surface area (Å²) in [6, 6.07) is 59.2. The second kappa shape index (κ2) is 13.0. The molecule has 12 rings (SSSR count). The molecule has 4 heterocycles. The van der Waals surface area contributed by atoms with E-state index in [1.54, 1.807) is 0 Å². The van der Waals surface area contributed by atoms with Crippen molar-refractivity contribution in [3.63, 3.8) is 0 Å². The summed E-state index contributed by atoms with van der Waals surface area (Å²) < 4.78 is 6.38. The highest BCUT2D eigenvalue weighted by molar-refractivity contribution is 7.26. The van der Waals surface area contributed by atoms with E-state index in [0.29, 0.717) is 0 Å². The molecule has 6 heteroatoms. The maximum atomic E-state index is 5.14. The number of hydrogen-bond acceptors (Lipinski definition) is 5. The summed E-state index contributed by atoms with van der Waals surface area (Å²) in [6.45, 7) is 0. The molecule has 2 unspecified atom stereocenters. The number of amidine groups is 2. The van der Waals surface area contributed by atoms with Gasteiger partial charge in [-0.2, -0.15) is 0 Å². The summed E-state index contributed by atoms with van der Waals surface area (Å²) in [4.78, 5) is 11.7. The van der Waals surface area contributed by atoms with Gasteiger partial charge in [-0.15, -0.1) is 22.7 Å². The number of aromatic nitrogens is 1. The molecular weight excluding hydrogens is 733 g/mol. The van der Waals surface area contributed by atoms with Crippen LogP contribution in [0.3, 0.4) is 0 Å². The number of fused-ring (bicyclic) bond motifs is 9. The first kappa shape index (κ1) is 32.6. The predicted molar refractivity (Wildman–Crippen MR) is 243 cm³/mol. The van der Waals surface area contributed by atoms with Gasteiger partial charge in [-0.05, 0) is 58.7 Å². The molecule has 57 heavy (non-hydrogen) atoms. The zero-order valence-corrected chi connectivity index (χ0v) is 32.4. The molecule has 7 aromatic carbocycles. The van der Waals surface area contributed by atoms with Crippen LogP contribution >= 0.6 is 22.7 Å². The Balaban J connectivity index is 0.907. The summed E-state index contributed by atoms with van der Waals surface area (Å²) in [5.74, 6) is 1.58. The van der Waals surface area contributed by atoms with Crippen molar-refractivity contribution >= 4 is 92.5 Å². The lowest BCUT2D eigenvalue weighted by Crippen LogP contribution is -2.33. The van der Waals surface area contributed by atoms with Crippen LogP contribution in [0.2, 0.25) is 0 Å². The zero-order chi connectivity index (χ0) is 37.5. The van der Waals surface area contributed by atoms with Gasteiger partial charge in [0.1, 0.15) is 12.0 Å². The van der Waals surface area contributed by atoms with Crippen LogP contribution < -0.4 is 5.32 Å². The van der Waals surface area contributed by atoms with E-state index in [-0.39, 0.29) is 12.2 Å². The first-order chi connectivity index (χ1) is 28.2. The monoisotopic (exact) mass is 766 g/mol. The first-order valence-corrected chi connectivity index (χ1v) is 21.1. The Hall–Kier alpha value is -6.60. The maximum absolute atomic E-state index is 5.14. The number of hydrogen-bond donors (Lipinski definition) is 1. The van der Waals surface area contributed by atoms with Gasteiger partial charge in [0.2, 0.25) is 0 Å². The molecule has 3 aromatic heterocycles. The smallest absolute Gasteiger partial charge is 0.159 e. The Kier molecular flexibility index (Phi) is 7.43. The van der Waals surface area contributed by atoms with Gasteiger partial charge < -0.3 is 9.88 Å². The van der Waals surface area contributed by atoms with E-state index in [1.165, 1.54) is 73.6 Å². The summed E-state index contributed by atoms with van der Waals surface area (Å²) in [7, 11) is 0. The number of benzene rings is 7. The van der Waals surface area contributed by atoms with Crippen molar-refractivity contribution in [3.05, 3.63) is 197 Å². The topological polar surface area (TPSA) is 41.7 Å². The molecule has 0 saturated heterocycles. The number of rotatable bonds is 5. The third-order valence-corrected chi connectivity index (χ3v) is 14.0. The minimum Gasteiger partial charge on any atom is -0.344 e. The Bertz CT molecular complexity index is 3260. The summed E-state index contributed by atoms with van der Waals surface area (Å²) >= 11 is 3.79. The summed E-state index contributed by atoms with van der Waals surface area (Å²) in [5.41, 5.74) is 9.65. The molecule has 1 aliphatic heterocycles. The first-order valence-electron chi connectivity index (χ1n) is 19.4. The standard InChI is InChI=1S/C51H34N4S2/c1-3-12-31(13-4-1)49-52-50(32-14-5-2-6-15-32)54-51(53-49)41-19-11-18-40-38-25-22-34(29-46(38)57-48(40)41)33-23-27-45-42(28-33)39-26-24-35(30-47(39)56-45)55-43-20-9-7-16-36(43)37-17-8-10-21-44(37)55/h1-29,35,49H,30H2,(H,52,53,54). The Morgan fingerprint density at radius 2 is 1.26 bits per heavy atom. The molecule has 0 fully saturated rings. The van der Waals surface area contributed by atoms with Crippen LogP contribution in [-0.2, 0) is 6.42 Å². The normalized spacial score (nSPS) is 16.6. The molecular formula is C51H34N4S2. The molecule has 1 N–H and O–H groups in total. The third kappa shape index (κ3) is 5.32. The lowest BCUT2D eigenvalue weighted by molar-refractivity contribution is 0.642. The summed E-state index contributed by atoms with van der Waals surface area (Å²) in [5, 5.41) is 10.2. The van der Waals surface area contributed by atoms with E-state index in [2.05, 4.69) is 162 Å². The highest BCUT2D eigenvalue weighted by atomic mass is 32.1. The fourth-order valence-corrected chi connectivity index (χ4v) is 11.4. The molecule has 0 amide bonds. The number of nitrogens with zero attached hydrogens (tertiary/aromatic N) is 3. The molecule has 2 aliphatic rings. The van der Waals surface area contributed by atoms with Gasteiger partial charge >= 0.3 is 0 Å². The average Bonchev–Trinajstić information content (AvgIpc) is 3.95. The lowest BCUT2D eigenvalue weighted by Gasteiger charge is -2.24. The van der Waals surface area contributed by atoms with Crippen molar-refractivity contribution in [2.24, 2.45) is 9.98 Å². The van der Waals surface area contributed by atoms with Crippen molar-refractivity contribution in [1.82, 2.24) is 9.88 Å². The molecule has 270 valence electrons. The second-order valence-electron chi connectivity index (χ2n) is 14.9. The van der Waals surface area contributed by atoms with Crippen LogP contribution in [-0.4, -0.2) is 16.2 Å². The van der Waals surface area contributed by atoms with Gasteiger partial charge in [0.15, 0.2) is 5.84 Å². The van der Waals surface area contributed by atoms with Crippen LogP contribution in [0.1, 0.15) is 39.3 Å². The third-order valence-electron chi connectivity index (χ3n) is 11.6. The molecule has 0 spiro atoms. The minimum atomic E-state index is -0.239. The van der Waals surface area contributed by atoms with Crippen LogP contribution in [0.15, 0.2) is 180 Å². The lowest BCUT2D eigenvalue weighted by atomic mass is 9.96. The van der Waals surface area contributed by atoms with Crippen LogP contribution in [0.5, 0.6) is 0 Å². The van der Waals surface area contributed by atoms with E-state index in [4.69, 9.17) is 9.98 Å². The predicted octanol–water partition coefficient (Wildman–Crippen LogP) is 13.4. The van der Waals surface area contributed by atoms with Gasteiger partial charge in [-0.1, -0.05) is 140 Å². The van der Waals surface area contributed by atoms with Gasteiger partial charge in [0.25, 0.3) is 0 Å². The number of para-hydroxylation sites is 2. The maximum Gasteiger partial charge on any atom is 0.159 e. The van der Waals surface area contributed by atoms with Crippen LogP contribution in [0.4, 0.5) is 0 Å². The van der Waals surface area contributed by atoms with E-state index in [0.717, 1.165) is 34.8 Å². The van der Waals surface area contributed by atoms with E-state index in [1.807, 2.05) is 46.9 Å². The number of thiophene rings is 2. The molecule has 4 nitrogen and oxygen atoms in total. The van der Waals surface area contributed by atoms with Crippen molar-refractivity contribution in [3.8, 4) is 11.1 Å². The second-order valence-corrected chi connectivity index (χ2v) is 17.1. The van der Waals surface area contributed by atoms with Crippen molar-refractivity contribution < 1.29 is 0 Å². The van der Waals surface area contributed by atoms with E-state index < -0.39 is 0 Å². The van der Waals surface area contributed by atoms with Crippen molar-refractivity contribution in [1.29, 1.82) is 0 Å². The number of nitrogens with one attached hydrogen (secondary N) is 1. The number of allylic oxidation sites excluding steroid dienone is 1. The largest absolute Gasteiger partial charge is 0.344 e. The molecule has 1 aliphatic carbocycles. The molecule has 0 radical (unpaired) electrons. The Morgan fingerprint density at radius 1 is 0.561 bits per heavy atom. The number of aliphatic imine (C=N–C) groups is 2. The average molecular weight is 767 g/mol. The van der Waals surface area contributed by atoms with Gasteiger partial charge in [-0.3, -0.25) is 0 Å². The van der Waals surface area contributed by atoms with Gasteiger partial charge in [0, 0.05) is 74.5 Å². The van der Waals surface area contributed by atoms with E-state index >= 15 is 0 Å². The molecule has 10 aromatic rings. The highest BCUT2D eigenvalue weighted by Crippen LogP contribution is 2.44. The highest BCUT2D eigenvalue weighted by Gasteiger charge is 2.25. The van der Waals surface area contributed by atoms with Crippen molar-refractivity contribution in [2.45, 2.75) is 18.6 Å². The Morgan fingerprint density at radius 3 is 2.07 bits per heavy atom. The van der Waals surface area contributed by atoms with Gasteiger partial charge in [0.05, 0.1) is 6.04 Å².